The van der Waals surface area contributed by atoms with Crippen molar-refractivity contribution in [1.29, 1.82) is 0 Å². The normalized spacial score (nSPS) is 12.0. The Bertz CT molecular complexity index is 396. The number of anilines is 2. The van der Waals surface area contributed by atoms with Crippen molar-refractivity contribution in [2.24, 2.45) is 0 Å². The fourth-order valence-electron chi connectivity index (χ4n) is 1.31. The molecule has 1 aromatic rings. The van der Waals surface area contributed by atoms with Crippen molar-refractivity contribution in [1.82, 2.24) is 0 Å². The average Bonchev–Trinajstić information content (AvgIpc) is 2.31. The van der Waals surface area contributed by atoms with Crippen molar-refractivity contribution in [3.63, 3.8) is 0 Å². The van der Waals surface area contributed by atoms with E-state index in [1.807, 2.05) is 25.1 Å². The summed E-state index contributed by atoms with van der Waals surface area (Å²) in [4.78, 5) is 11.7. The molecule has 0 saturated carbocycles. The molecule has 0 bridgehead atoms. The van der Waals surface area contributed by atoms with Crippen LogP contribution in [0, 0.1) is 0 Å². The van der Waals surface area contributed by atoms with Crippen molar-refractivity contribution < 1.29 is 9.53 Å². The maximum absolute atomic E-state index is 11.7. The standard InChI is InChI=1S/C12H17BrN2O2/c1-4-14-10-6-5-9(13)7-11(10)15-12(16)8(2)17-3/h5-8,14H,4H2,1-3H3,(H,15,16)/t8-/m1/s1. The third-order valence-corrected chi connectivity index (χ3v) is 2.82. The minimum atomic E-state index is -0.469. The number of methoxy groups -OCH3 is 1. The highest BCUT2D eigenvalue weighted by atomic mass is 79.9. The van der Waals surface area contributed by atoms with E-state index in [4.69, 9.17) is 4.74 Å². The molecule has 0 aromatic heterocycles. The maximum atomic E-state index is 11.7. The Balaban J connectivity index is 2.87. The van der Waals surface area contributed by atoms with Crippen molar-refractivity contribution in [3.8, 4) is 0 Å². The molecule has 1 atom stereocenters. The Kier molecular flexibility index (Phi) is 5.44. The molecule has 0 fully saturated rings. The zero-order chi connectivity index (χ0) is 12.8. The average molecular weight is 301 g/mol. The topological polar surface area (TPSA) is 50.4 Å². The van der Waals surface area contributed by atoms with E-state index in [9.17, 15) is 4.79 Å². The van der Waals surface area contributed by atoms with Gasteiger partial charge in [-0.3, -0.25) is 4.79 Å². The van der Waals surface area contributed by atoms with E-state index in [0.717, 1.165) is 22.4 Å². The van der Waals surface area contributed by atoms with Crippen LogP contribution in [0.25, 0.3) is 0 Å². The zero-order valence-corrected chi connectivity index (χ0v) is 11.8. The second-order valence-corrected chi connectivity index (χ2v) is 4.50. The summed E-state index contributed by atoms with van der Waals surface area (Å²) in [6, 6.07) is 5.70. The third kappa shape index (κ3) is 4.02. The highest BCUT2D eigenvalue weighted by Gasteiger charge is 2.13. The van der Waals surface area contributed by atoms with Gasteiger partial charge in [-0.15, -0.1) is 0 Å². The lowest BCUT2D eigenvalue weighted by atomic mass is 10.2. The molecule has 1 aromatic carbocycles. The number of halogens is 1. The van der Waals surface area contributed by atoms with E-state index < -0.39 is 6.10 Å². The molecule has 0 aliphatic heterocycles. The van der Waals surface area contributed by atoms with E-state index >= 15 is 0 Å². The predicted octanol–water partition coefficient (Wildman–Crippen LogP) is 2.85. The van der Waals surface area contributed by atoms with Gasteiger partial charge in [-0.05, 0) is 32.0 Å². The second-order valence-electron chi connectivity index (χ2n) is 3.59. The van der Waals surface area contributed by atoms with Gasteiger partial charge in [-0.1, -0.05) is 15.9 Å². The molecular formula is C12H17BrN2O2. The van der Waals surface area contributed by atoms with Gasteiger partial charge in [0.1, 0.15) is 6.10 Å². The van der Waals surface area contributed by atoms with Gasteiger partial charge < -0.3 is 15.4 Å². The van der Waals surface area contributed by atoms with Gasteiger partial charge in [0.15, 0.2) is 0 Å². The molecular weight excluding hydrogens is 284 g/mol. The SMILES string of the molecule is CCNc1ccc(Br)cc1NC(=O)[C@@H](C)OC. The molecule has 4 nitrogen and oxygen atoms in total. The van der Waals surface area contributed by atoms with Crippen LogP contribution in [0.3, 0.4) is 0 Å². The van der Waals surface area contributed by atoms with Crippen molar-refractivity contribution in [2.45, 2.75) is 20.0 Å². The zero-order valence-electron chi connectivity index (χ0n) is 10.2. The molecule has 2 N–H and O–H groups in total. The summed E-state index contributed by atoms with van der Waals surface area (Å²) in [5.74, 6) is -0.162. The molecule has 17 heavy (non-hydrogen) atoms. The summed E-state index contributed by atoms with van der Waals surface area (Å²) in [6.07, 6.45) is -0.469. The van der Waals surface area contributed by atoms with Crippen LogP contribution in [0.2, 0.25) is 0 Å². The summed E-state index contributed by atoms with van der Waals surface area (Å²) in [7, 11) is 1.51. The maximum Gasteiger partial charge on any atom is 0.253 e. The van der Waals surface area contributed by atoms with Gasteiger partial charge in [0, 0.05) is 18.1 Å². The Morgan fingerprint density at radius 3 is 2.76 bits per heavy atom. The number of rotatable bonds is 5. The summed E-state index contributed by atoms with van der Waals surface area (Å²) < 4.78 is 5.89. The van der Waals surface area contributed by atoms with Gasteiger partial charge in [0.25, 0.3) is 5.91 Å². The van der Waals surface area contributed by atoms with E-state index in [1.54, 1.807) is 6.92 Å². The highest BCUT2D eigenvalue weighted by molar-refractivity contribution is 9.10. The Morgan fingerprint density at radius 1 is 1.47 bits per heavy atom. The second kappa shape index (κ2) is 6.61. The number of hydrogen-bond acceptors (Lipinski definition) is 3. The monoisotopic (exact) mass is 300 g/mol. The largest absolute Gasteiger partial charge is 0.384 e. The Labute approximate surface area is 110 Å². The Morgan fingerprint density at radius 2 is 2.18 bits per heavy atom. The van der Waals surface area contributed by atoms with Crippen molar-refractivity contribution in [2.75, 3.05) is 24.3 Å². The summed E-state index contributed by atoms with van der Waals surface area (Å²) in [5, 5.41) is 6.02. The van der Waals surface area contributed by atoms with Crippen molar-refractivity contribution >= 4 is 33.2 Å². The first-order valence-electron chi connectivity index (χ1n) is 5.45. The number of hydrogen-bond donors (Lipinski definition) is 2. The van der Waals surface area contributed by atoms with Crippen LogP contribution in [0.15, 0.2) is 22.7 Å². The summed E-state index contributed by atoms with van der Waals surface area (Å²) >= 11 is 3.38. The first-order valence-corrected chi connectivity index (χ1v) is 6.24. The minimum Gasteiger partial charge on any atom is -0.384 e. The molecule has 94 valence electrons. The van der Waals surface area contributed by atoms with Crippen LogP contribution in [-0.2, 0) is 9.53 Å². The van der Waals surface area contributed by atoms with Crippen LogP contribution in [0.5, 0.6) is 0 Å². The fourth-order valence-corrected chi connectivity index (χ4v) is 1.67. The molecule has 0 saturated heterocycles. The molecule has 0 radical (unpaired) electrons. The lowest BCUT2D eigenvalue weighted by molar-refractivity contribution is -0.124. The Hall–Kier alpha value is -1.07. The van der Waals surface area contributed by atoms with Crippen LogP contribution < -0.4 is 10.6 Å². The first-order chi connectivity index (χ1) is 8.08. The summed E-state index contributed by atoms with van der Waals surface area (Å²) in [5.41, 5.74) is 1.64. The van der Waals surface area contributed by atoms with Gasteiger partial charge in [0.05, 0.1) is 11.4 Å². The van der Waals surface area contributed by atoms with Crippen molar-refractivity contribution in [3.05, 3.63) is 22.7 Å². The molecule has 5 heteroatoms. The summed E-state index contributed by atoms with van der Waals surface area (Å²) in [6.45, 7) is 4.51. The smallest absolute Gasteiger partial charge is 0.253 e. The number of benzene rings is 1. The number of carbonyl (C=O) groups excluding carboxylic acids is 1. The molecule has 0 aliphatic rings. The van der Waals surface area contributed by atoms with E-state index in [0.29, 0.717) is 0 Å². The number of nitrogens with one attached hydrogen (secondary N) is 2. The molecule has 0 aliphatic carbocycles. The van der Waals surface area contributed by atoms with Gasteiger partial charge in [0.2, 0.25) is 0 Å². The van der Waals surface area contributed by atoms with Gasteiger partial charge in [-0.2, -0.15) is 0 Å². The van der Waals surface area contributed by atoms with Crippen LogP contribution >= 0.6 is 15.9 Å². The van der Waals surface area contributed by atoms with Crippen LogP contribution in [-0.4, -0.2) is 25.7 Å². The third-order valence-electron chi connectivity index (χ3n) is 2.33. The molecule has 1 amide bonds. The first kappa shape index (κ1) is 14.0. The lowest BCUT2D eigenvalue weighted by Crippen LogP contribution is -2.27. The molecule has 1 rings (SSSR count). The van der Waals surface area contributed by atoms with E-state index in [2.05, 4.69) is 26.6 Å². The molecule has 0 heterocycles. The van der Waals surface area contributed by atoms with Gasteiger partial charge in [-0.25, -0.2) is 0 Å². The van der Waals surface area contributed by atoms with Gasteiger partial charge >= 0.3 is 0 Å². The number of amides is 1. The minimum absolute atomic E-state index is 0.162. The molecule has 0 unspecified atom stereocenters. The fraction of sp³-hybridized carbons (Fsp3) is 0.417. The van der Waals surface area contributed by atoms with Crippen LogP contribution in [0.1, 0.15) is 13.8 Å². The van der Waals surface area contributed by atoms with E-state index in [1.165, 1.54) is 7.11 Å². The lowest BCUT2D eigenvalue weighted by Gasteiger charge is -2.15. The quantitative estimate of drug-likeness (QED) is 0.879. The number of carbonyl (C=O) groups is 1. The van der Waals surface area contributed by atoms with E-state index in [-0.39, 0.29) is 5.91 Å². The molecule has 0 spiro atoms. The predicted molar refractivity (Wildman–Crippen MR) is 73.4 cm³/mol. The van der Waals surface area contributed by atoms with Crippen LogP contribution in [0.4, 0.5) is 11.4 Å². The highest BCUT2D eigenvalue weighted by Crippen LogP contribution is 2.26. The number of ether oxygens (including phenoxy) is 1.